The van der Waals surface area contributed by atoms with Crippen LogP contribution in [0, 0.1) is 6.92 Å². The molecular weight excluding hydrogens is 236 g/mol. The minimum absolute atomic E-state index is 0.670. The quantitative estimate of drug-likeness (QED) is 0.732. The molecule has 3 aromatic rings. The number of nitrogens with two attached hydrogens (primary N) is 1. The number of nitrogens with zero attached hydrogens (tertiary/aromatic N) is 2. The lowest BCUT2D eigenvalue weighted by Crippen LogP contribution is -2.01. The number of nitrogen functional groups attached to an aromatic ring is 1. The van der Waals surface area contributed by atoms with Crippen LogP contribution in [-0.2, 0) is 0 Å². The predicted molar refractivity (Wildman–Crippen MR) is 78.4 cm³/mol. The van der Waals surface area contributed by atoms with Gasteiger partial charge in [0.1, 0.15) is 0 Å². The van der Waals surface area contributed by atoms with Crippen molar-refractivity contribution in [1.29, 1.82) is 0 Å². The zero-order valence-corrected chi connectivity index (χ0v) is 10.6. The Morgan fingerprint density at radius 2 is 1.89 bits per heavy atom. The molecule has 0 amide bonds. The minimum Gasteiger partial charge on any atom is -0.396 e. The number of aryl methyl sites for hydroxylation is 1. The highest BCUT2D eigenvalue weighted by Gasteiger charge is 2.06. The summed E-state index contributed by atoms with van der Waals surface area (Å²) in [7, 11) is 0. The average molecular weight is 250 g/mol. The van der Waals surface area contributed by atoms with Crippen molar-refractivity contribution in [2.24, 2.45) is 0 Å². The SMILES string of the molecule is Cc1ccnc(Nc2cccc3ncccc23)c1N. The van der Waals surface area contributed by atoms with E-state index in [0.29, 0.717) is 11.5 Å². The van der Waals surface area contributed by atoms with Gasteiger partial charge in [0, 0.05) is 23.5 Å². The summed E-state index contributed by atoms with van der Waals surface area (Å²) >= 11 is 0. The van der Waals surface area contributed by atoms with Crippen LogP contribution < -0.4 is 11.1 Å². The predicted octanol–water partition coefficient (Wildman–Crippen LogP) is 3.26. The Balaban J connectivity index is 2.09. The highest BCUT2D eigenvalue weighted by Crippen LogP contribution is 2.27. The van der Waals surface area contributed by atoms with E-state index in [1.54, 1.807) is 12.4 Å². The number of fused-ring (bicyclic) bond motifs is 1. The normalized spacial score (nSPS) is 10.6. The maximum absolute atomic E-state index is 6.03. The Bertz CT molecular complexity index is 732. The zero-order chi connectivity index (χ0) is 13.2. The number of benzene rings is 1. The van der Waals surface area contributed by atoms with E-state index in [1.165, 1.54) is 0 Å². The Labute approximate surface area is 111 Å². The number of nitrogens with one attached hydrogen (secondary N) is 1. The molecule has 4 heteroatoms. The summed E-state index contributed by atoms with van der Waals surface area (Å²) in [5, 5.41) is 4.33. The third kappa shape index (κ3) is 2.08. The molecule has 2 aromatic heterocycles. The lowest BCUT2D eigenvalue weighted by molar-refractivity contribution is 1.28. The van der Waals surface area contributed by atoms with Crippen LogP contribution in [0.15, 0.2) is 48.8 Å². The van der Waals surface area contributed by atoms with Gasteiger partial charge in [-0.2, -0.15) is 0 Å². The van der Waals surface area contributed by atoms with Crippen LogP contribution in [0.3, 0.4) is 0 Å². The van der Waals surface area contributed by atoms with Crippen LogP contribution in [0.4, 0.5) is 17.2 Å². The topological polar surface area (TPSA) is 63.8 Å². The van der Waals surface area contributed by atoms with Crippen LogP contribution in [0.25, 0.3) is 10.9 Å². The van der Waals surface area contributed by atoms with Gasteiger partial charge in [-0.15, -0.1) is 0 Å². The number of anilines is 3. The zero-order valence-electron chi connectivity index (χ0n) is 10.6. The first kappa shape index (κ1) is 11.5. The summed E-state index contributed by atoms with van der Waals surface area (Å²) in [6.07, 6.45) is 3.53. The van der Waals surface area contributed by atoms with Crippen molar-refractivity contribution in [2.45, 2.75) is 6.92 Å². The van der Waals surface area contributed by atoms with E-state index in [1.807, 2.05) is 43.3 Å². The minimum atomic E-state index is 0.670. The second-order valence-electron chi connectivity index (χ2n) is 4.39. The third-order valence-corrected chi connectivity index (χ3v) is 3.11. The Morgan fingerprint density at radius 1 is 1.00 bits per heavy atom. The smallest absolute Gasteiger partial charge is 0.153 e. The summed E-state index contributed by atoms with van der Waals surface area (Å²) in [6.45, 7) is 1.97. The number of pyridine rings is 2. The van der Waals surface area contributed by atoms with Gasteiger partial charge in [0.25, 0.3) is 0 Å². The Morgan fingerprint density at radius 3 is 2.79 bits per heavy atom. The van der Waals surface area contributed by atoms with Crippen molar-refractivity contribution < 1.29 is 0 Å². The molecule has 0 saturated heterocycles. The molecular formula is C15H14N4. The molecule has 0 fully saturated rings. The van der Waals surface area contributed by atoms with E-state index < -0.39 is 0 Å². The van der Waals surface area contributed by atoms with E-state index in [-0.39, 0.29) is 0 Å². The fourth-order valence-electron chi connectivity index (χ4n) is 2.01. The van der Waals surface area contributed by atoms with Gasteiger partial charge in [0.2, 0.25) is 0 Å². The van der Waals surface area contributed by atoms with Gasteiger partial charge in [-0.05, 0) is 42.8 Å². The fourth-order valence-corrected chi connectivity index (χ4v) is 2.01. The summed E-state index contributed by atoms with van der Waals surface area (Å²) in [5.41, 5.74) is 9.61. The highest BCUT2D eigenvalue weighted by atomic mass is 15.0. The molecule has 1 aromatic carbocycles. The summed E-state index contributed by atoms with van der Waals surface area (Å²) < 4.78 is 0. The second kappa shape index (κ2) is 4.57. The van der Waals surface area contributed by atoms with Crippen molar-refractivity contribution in [2.75, 3.05) is 11.1 Å². The molecule has 19 heavy (non-hydrogen) atoms. The van der Waals surface area contributed by atoms with Gasteiger partial charge in [-0.1, -0.05) is 6.07 Å². The first-order chi connectivity index (χ1) is 9.25. The largest absolute Gasteiger partial charge is 0.396 e. The van der Waals surface area contributed by atoms with Crippen LogP contribution in [0.5, 0.6) is 0 Å². The van der Waals surface area contributed by atoms with Crippen molar-refractivity contribution >= 4 is 28.1 Å². The Kier molecular flexibility index (Phi) is 2.76. The van der Waals surface area contributed by atoms with Gasteiger partial charge in [0.15, 0.2) is 5.82 Å². The molecule has 94 valence electrons. The monoisotopic (exact) mass is 250 g/mol. The first-order valence-corrected chi connectivity index (χ1v) is 6.07. The molecule has 3 N–H and O–H groups in total. The maximum atomic E-state index is 6.03. The van der Waals surface area contributed by atoms with Crippen molar-refractivity contribution in [3.8, 4) is 0 Å². The maximum Gasteiger partial charge on any atom is 0.153 e. The molecule has 0 atom stereocenters. The summed E-state index contributed by atoms with van der Waals surface area (Å²) in [6, 6.07) is 11.8. The van der Waals surface area contributed by atoms with E-state index in [9.17, 15) is 0 Å². The van der Waals surface area contributed by atoms with Gasteiger partial charge in [-0.3, -0.25) is 4.98 Å². The third-order valence-electron chi connectivity index (χ3n) is 3.11. The molecule has 0 aliphatic rings. The highest BCUT2D eigenvalue weighted by molar-refractivity contribution is 5.93. The molecule has 0 bridgehead atoms. The van der Waals surface area contributed by atoms with Crippen molar-refractivity contribution in [1.82, 2.24) is 9.97 Å². The lowest BCUT2D eigenvalue weighted by Gasteiger charge is -2.11. The number of rotatable bonds is 2. The molecule has 0 aliphatic heterocycles. The van der Waals surface area contributed by atoms with Crippen LogP contribution in [0.2, 0.25) is 0 Å². The molecule has 0 saturated carbocycles. The van der Waals surface area contributed by atoms with Gasteiger partial charge >= 0.3 is 0 Å². The van der Waals surface area contributed by atoms with E-state index in [2.05, 4.69) is 15.3 Å². The van der Waals surface area contributed by atoms with E-state index >= 15 is 0 Å². The summed E-state index contributed by atoms with van der Waals surface area (Å²) in [4.78, 5) is 8.62. The Hall–Kier alpha value is -2.62. The fraction of sp³-hybridized carbons (Fsp3) is 0.0667. The molecule has 2 heterocycles. The van der Waals surface area contributed by atoms with Crippen molar-refractivity contribution in [3.63, 3.8) is 0 Å². The van der Waals surface area contributed by atoms with E-state index in [0.717, 1.165) is 22.2 Å². The standard InChI is InChI=1S/C15H14N4/c1-10-7-9-18-15(14(10)16)19-13-6-2-5-12-11(13)4-3-8-17-12/h2-9H,16H2,1H3,(H,18,19). The van der Waals surface area contributed by atoms with Gasteiger partial charge < -0.3 is 11.1 Å². The van der Waals surface area contributed by atoms with E-state index in [4.69, 9.17) is 5.73 Å². The van der Waals surface area contributed by atoms with Crippen LogP contribution in [-0.4, -0.2) is 9.97 Å². The number of aromatic nitrogens is 2. The molecule has 0 unspecified atom stereocenters. The molecule has 4 nitrogen and oxygen atoms in total. The number of hydrogen-bond acceptors (Lipinski definition) is 4. The van der Waals surface area contributed by atoms with Crippen LogP contribution >= 0.6 is 0 Å². The first-order valence-electron chi connectivity index (χ1n) is 6.07. The number of hydrogen-bond donors (Lipinski definition) is 2. The summed E-state index contributed by atoms with van der Waals surface area (Å²) in [5.74, 6) is 0.677. The van der Waals surface area contributed by atoms with Gasteiger partial charge in [0.05, 0.1) is 11.2 Å². The molecule has 0 radical (unpaired) electrons. The van der Waals surface area contributed by atoms with Crippen LogP contribution in [0.1, 0.15) is 5.56 Å². The molecule has 3 rings (SSSR count). The van der Waals surface area contributed by atoms with Crippen molar-refractivity contribution in [3.05, 3.63) is 54.4 Å². The lowest BCUT2D eigenvalue weighted by atomic mass is 10.1. The van der Waals surface area contributed by atoms with Gasteiger partial charge in [-0.25, -0.2) is 4.98 Å². The molecule has 0 spiro atoms. The molecule has 0 aliphatic carbocycles. The average Bonchev–Trinajstić information content (AvgIpc) is 2.44. The second-order valence-corrected chi connectivity index (χ2v) is 4.39.